The van der Waals surface area contributed by atoms with E-state index in [9.17, 15) is 4.79 Å². The lowest BCUT2D eigenvalue weighted by Gasteiger charge is -2.19. The largest absolute Gasteiger partial charge is 0.326 e. The van der Waals surface area contributed by atoms with Crippen molar-refractivity contribution in [3.8, 4) is 0 Å². The van der Waals surface area contributed by atoms with E-state index in [1.807, 2.05) is 31.2 Å². The minimum atomic E-state index is -0.233. The zero-order valence-corrected chi connectivity index (χ0v) is 15.4. The van der Waals surface area contributed by atoms with Crippen molar-refractivity contribution in [3.63, 3.8) is 0 Å². The first-order chi connectivity index (χ1) is 12.1. The van der Waals surface area contributed by atoms with Gasteiger partial charge in [-0.25, -0.2) is 0 Å². The van der Waals surface area contributed by atoms with Gasteiger partial charge in [-0.05, 0) is 42.6 Å². The van der Waals surface area contributed by atoms with Gasteiger partial charge < -0.3 is 10.6 Å². The summed E-state index contributed by atoms with van der Waals surface area (Å²) < 4.78 is 0. The predicted molar refractivity (Wildman–Crippen MR) is 104 cm³/mol. The lowest BCUT2D eigenvalue weighted by Crippen LogP contribution is -2.92. The fourth-order valence-electron chi connectivity index (χ4n) is 2.66. The van der Waals surface area contributed by atoms with Gasteiger partial charge in [0.1, 0.15) is 6.04 Å². The summed E-state index contributed by atoms with van der Waals surface area (Å²) in [5.41, 5.74) is 1.94. The molecular weight excluding hydrogens is 352 g/mol. The number of nitrogens with two attached hydrogens (primary N) is 1. The number of hydrogen-bond acceptors (Lipinski definition) is 2. The van der Waals surface area contributed by atoms with Crippen LogP contribution in [0, 0.1) is 0 Å². The highest BCUT2D eigenvalue weighted by atomic mass is 35.5. The van der Waals surface area contributed by atoms with Gasteiger partial charge in [-0.2, -0.15) is 0 Å². The number of nitrogens with one attached hydrogen (secondary N) is 1. The molecule has 0 radical (unpaired) electrons. The van der Waals surface area contributed by atoms with Crippen LogP contribution >= 0.6 is 22.9 Å². The van der Waals surface area contributed by atoms with Crippen LogP contribution < -0.4 is 10.6 Å². The Hall–Kier alpha value is -2.14. The Labute approximate surface area is 156 Å². The van der Waals surface area contributed by atoms with Crippen LogP contribution in [0.3, 0.4) is 0 Å². The molecule has 0 saturated carbocycles. The van der Waals surface area contributed by atoms with Gasteiger partial charge in [0.25, 0.3) is 5.91 Å². The van der Waals surface area contributed by atoms with Crippen molar-refractivity contribution < 1.29 is 10.1 Å². The molecule has 25 heavy (non-hydrogen) atoms. The van der Waals surface area contributed by atoms with Crippen LogP contribution in [0.2, 0.25) is 5.02 Å². The van der Waals surface area contributed by atoms with Crippen LogP contribution in [-0.2, 0) is 4.79 Å². The average molecular weight is 372 g/mol. The molecule has 3 rings (SSSR count). The summed E-state index contributed by atoms with van der Waals surface area (Å²) in [7, 11) is 0. The second-order valence-electron chi connectivity index (χ2n) is 5.88. The smallest absolute Gasteiger partial charge is 0.282 e. The first-order valence-electron chi connectivity index (χ1n) is 8.13. The first kappa shape index (κ1) is 17.7. The summed E-state index contributed by atoms with van der Waals surface area (Å²) in [6, 6.07) is 21.4. The quantitative estimate of drug-likeness (QED) is 0.673. The average Bonchev–Trinajstić information content (AvgIpc) is 3.16. The number of hydrogen-bond donors (Lipinski definition) is 2. The third-order valence-electron chi connectivity index (χ3n) is 4.01. The van der Waals surface area contributed by atoms with E-state index in [0.29, 0.717) is 5.02 Å². The fraction of sp³-hybridized carbons (Fsp3) is 0.150. The molecule has 0 saturated heterocycles. The van der Waals surface area contributed by atoms with Crippen molar-refractivity contribution in [1.29, 1.82) is 0 Å². The minimum Gasteiger partial charge on any atom is -0.326 e. The maximum Gasteiger partial charge on any atom is 0.282 e. The number of rotatable bonds is 6. The van der Waals surface area contributed by atoms with Crippen molar-refractivity contribution in [2.24, 2.45) is 0 Å². The molecule has 2 atom stereocenters. The van der Waals surface area contributed by atoms with Crippen molar-refractivity contribution in [2.45, 2.75) is 19.0 Å². The maximum atomic E-state index is 12.6. The van der Waals surface area contributed by atoms with Crippen LogP contribution in [0.15, 0.2) is 72.1 Å². The highest BCUT2D eigenvalue weighted by molar-refractivity contribution is 7.10. The predicted octanol–water partition coefficient (Wildman–Crippen LogP) is 4.08. The molecule has 0 unspecified atom stereocenters. The van der Waals surface area contributed by atoms with Gasteiger partial charge in [0.15, 0.2) is 6.04 Å². The molecule has 0 fully saturated rings. The lowest BCUT2D eigenvalue weighted by molar-refractivity contribution is -0.703. The zero-order chi connectivity index (χ0) is 17.6. The summed E-state index contributed by atoms with van der Waals surface area (Å²) >= 11 is 7.59. The van der Waals surface area contributed by atoms with E-state index < -0.39 is 0 Å². The molecule has 1 amide bonds. The number of carbonyl (C=O) groups excluding carboxylic acids is 1. The minimum absolute atomic E-state index is 0.0280. The summed E-state index contributed by atoms with van der Waals surface area (Å²) in [5.74, 6) is -0.0280. The highest BCUT2D eigenvalue weighted by Gasteiger charge is 2.25. The topological polar surface area (TPSA) is 45.7 Å². The number of anilines is 1. The molecule has 5 heteroatoms. The molecule has 0 aliphatic rings. The van der Waals surface area contributed by atoms with E-state index in [1.165, 1.54) is 10.4 Å². The summed E-state index contributed by atoms with van der Waals surface area (Å²) in [6.07, 6.45) is 0. The number of benzene rings is 2. The number of thiophene rings is 1. The summed E-state index contributed by atoms with van der Waals surface area (Å²) in [4.78, 5) is 13.8. The van der Waals surface area contributed by atoms with Gasteiger partial charge in [0, 0.05) is 16.3 Å². The molecule has 3 N–H and O–H groups in total. The van der Waals surface area contributed by atoms with Crippen LogP contribution in [0.5, 0.6) is 0 Å². The molecule has 0 aliphatic carbocycles. The molecule has 128 valence electrons. The Morgan fingerprint density at radius 3 is 2.40 bits per heavy atom. The van der Waals surface area contributed by atoms with E-state index in [1.54, 1.807) is 35.6 Å². The Bertz CT molecular complexity index is 803. The molecule has 3 nitrogen and oxygen atoms in total. The monoisotopic (exact) mass is 371 g/mol. The standard InChI is InChI=1S/C20H19ClN2OS/c1-14(20(24)23-17-11-9-16(21)10-12-17)22-19(18-8-5-13-25-18)15-6-3-2-4-7-15/h2-14,19,22H,1H3,(H,23,24)/p+1/t14-,19-/m1/s1. The Balaban J connectivity index is 1.72. The third kappa shape index (κ3) is 4.69. The summed E-state index contributed by atoms with van der Waals surface area (Å²) in [6.45, 7) is 1.93. The van der Waals surface area contributed by atoms with Gasteiger partial charge in [-0.1, -0.05) is 48.0 Å². The molecule has 0 bridgehead atoms. The van der Waals surface area contributed by atoms with Crippen molar-refractivity contribution >= 4 is 34.5 Å². The van der Waals surface area contributed by atoms with Crippen LogP contribution in [0.25, 0.3) is 0 Å². The van der Waals surface area contributed by atoms with Crippen LogP contribution in [0.1, 0.15) is 23.4 Å². The van der Waals surface area contributed by atoms with Crippen molar-refractivity contribution in [1.82, 2.24) is 0 Å². The SMILES string of the molecule is C[C@@H]([NH2+][C@H](c1ccccc1)c1cccs1)C(=O)Nc1ccc(Cl)cc1. The van der Waals surface area contributed by atoms with Gasteiger partial charge in [0.2, 0.25) is 0 Å². The van der Waals surface area contributed by atoms with Crippen molar-refractivity contribution in [2.75, 3.05) is 5.32 Å². The fourth-order valence-corrected chi connectivity index (χ4v) is 3.62. The number of halogens is 1. The summed E-state index contributed by atoms with van der Waals surface area (Å²) in [5, 5.41) is 7.77. The number of carbonyl (C=O) groups is 1. The molecule has 2 aromatic carbocycles. The van der Waals surface area contributed by atoms with E-state index in [4.69, 9.17) is 11.6 Å². The van der Waals surface area contributed by atoms with Crippen LogP contribution in [-0.4, -0.2) is 11.9 Å². The molecule has 1 heterocycles. The lowest BCUT2D eigenvalue weighted by atomic mass is 10.0. The zero-order valence-electron chi connectivity index (χ0n) is 13.9. The maximum absolute atomic E-state index is 12.6. The molecular formula is C20H20ClN2OS+. The Kier molecular flexibility index (Phi) is 5.87. The second-order valence-corrected chi connectivity index (χ2v) is 7.30. The van der Waals surface area contributed by atoms with E-state index in [2.05, 4.69) is 34.2 Å². The van der Waals surface area contributed by atoms with Gasteiger partial charge in [-0.15, -0.1) is 11.3 Å². The number of quaternary nitrogens is 1. The van der Waals surface area contributed by atoms with Gasteiger partial charge in [-0.3, -0.25) is 4.79 Å². The molecule has 0 spiro atoms. The molecule has 0 aliphatic heterocycles. The Morgan fingerprint density at radius 1 is 1.04 bits per heavy atom. The second kappa shape index (κ2) is 8.30. The third-order valence-corrected chi connectivity index (χ3v) is 5.22. The van der Waals surface area contributed by atoms with Crippen LogP contribution in [0.4, 0.5) is 5.69 Å². The van der Waals surface area contributed by atoms with Crippen molar-refractivity contribution in [3.05, 3.63) is 87.6 Å². The molecule has 1 aromatic heterocycles. The van der Waals surface area contributed by atoms with Gasteiger partial charge in [0.05, 0.1) is 4.88 Å². The normalized spacial score (nSPS) is 13.2. The highest BCUT2D eigenvalue weighted by Crippen LogP contribution is 2.22. The van der Waals surface area contributed by atoms with E-state index in [0.717, 1.165) is 5.69 Å². The van der Waals surface area contributed by atoms with E-state index in [-0.39, 0.29) is 18.0 Å². The Morgan fingerprint density at radius 2 is 1.76 bits per heavy atom. The van der Waals surface area contributed by atoms with E-state index >= 15 is 0 Å². The number of amides is 1. The van der Waals surface area contributed by atoms with Gasteiger partial charge >= 0.3 is 0 Å². The molecule has 3 aromatic rings. The first-order valence-corrected chi connectivity index (χ1v) is 9.39.